The number of aliphatic imine (C=N–C) groups is 1. The highest BCUT2D eigenvalue weighted by Gasteiger charge is 2.35. The molecule has 0 radical (unpaired) electrons. The van der Waals surface area contributed by atoms with Gasteiger partial charge in [-0.2, -0.15) is 0 Å². The first-order valence-corrected chi connectivity index (χ1v) is 11.9. The van der Waals surface area contributed by atoms with Gasteiger partial charge < -0.3 is 25.0 Å². The highest BCUT2D eigenvalue weighted by molar-refractivity contribution is 14.0. The number of carbonyl (C=O) groups excluding carboxylic acids is 1. The van der Waals surface area contributed by atoms with Gasteiger partial charge in [-0.15, -0.1) is 24.0 Å². The lowest BCUT2D eigenvalue weighted by Crippen LogP contribution is -2.53. The van der Waals surface area contributed by atoms with Gasteiger partial charge in [0.25, 0.3) is 0 Å². The molecule has 7 nitrogen and oxygen atoms in total. The second-order valence-electron chi connectivity index (χ2n) is 9.90. The summed E-state index contributed by atoms with van der Waals surface area (Å²) >= 11 is 0. The van der Waals surface area contributed by atoms with Crippen LogP contribution >= 0.6 is 24.0 Å². The molecule has 1 aliphatic carbocycles. The van der Waals surface area contributed by atoms with Gasteiger partial charge in [0.05, 0.1) is 12.1 Å². The minimum atomic E-state index is -0.739. The maximum absolute atomic E-state index is 12.8. The summed E-state index contributed by atoms with van der Waals surface area (Å²) in [5, 5.41) is 14.0. The Morgan fingerprint density at radius 3 is 2.16 bits per heavy atom. The molecule has 1 amide bonds. The smallest absolute Gasteiger partial charge is 0.410 e. The lowest BCUT2D eigenvalue weighted by molar-refractivity contribution is 0.00916. The quantitative estimate of drug-likeness (QED) is 0.268. The summed E-state index contributed by atoms with van der Waals surface area (Å²) in [7, 11) is 0. The highest BCUT2D eigenvalue weighted by Crippen LogP contribution is 2.32. The van der Waals surface area contributed by atoms with Crippen LogP contribution in [0.1, 0.15) is 80.1 Å². The first-order valence-electron chi connectivity index (χ1n) is 11.9. The van der Waals surface area contributed by atoms with Crippen LogP contribution in [0.25, 0.3) is 0 Å². The molecular formula is C23H45IN4O3. The van der Waals surface area contributed by atoms with Gasteiger partial charge in [-0.25, -0.2) is 4.79 Å². The van der Waals surface area contributed by atoms with E-state index in [0.29, 0.717) is 25.3 Å². The van der Waals surface area contributed by atoms with Crippen LogP contribution in [0.5, 0.6) is 0 Å². The molecule has 2 N–H and O–H groups in total. The van der Waals surface area contributed by atoms with Crippen molar-refractivity contribution in [1.82, 2.24) is 15.1 Å². The minimum absolute atomic E-state index is 0. The van der Waals surface area contributed by atoms with E-state index >= 15 is 0 Å². The zero-order valence-corrected chi connectivity index (χ0v) is 22.8. The average Bonchev–Trinajstić information content (AvgIpc) is 3.52. The van der Waals surface area contributed by atoms with Crippen molar-refractivity contribution in [2.75, 3.05) is 32.7 Å². The van der Waals surface area contributed by atoms with E-state index in [1.165, 1.54) is 12.8 Å². The van der Waals surface area contributed by atoms with E-state index in [1.807, 2.05) is 39.5 Å². The van der Waals surface area contributed by atoms with Crippen LogP contribution in [-0.2, 0) is 4.74 Å². The molecule has 1 aliphatic heterocycles. The summed E-state index contributed by atoms with van der Waals surface area (Å²) in [6, 6.07) is 0.211. The van der Waals surface area contributed by atoms with Crippen molar-refractivity contribution < 1.29 is 14.6 Å². The monoisotopic (exact) mass is 552 g/mol. The van der Waals surface area contributed by atoms with Gasteiger partial charge in [0.1, 0.15) is 5.60 Å². The molecule has 2 rings (SSSR count). The maximum atomic E-state index is 12.8. The van der Waals surface area contributed by atoms with Crippen LogP contribution in [0.15, 0.2) is 4.99 Å². The Morgan fingerprint density at radius 2 is 1.71 bits per heavy atom. The largest absolute Gasteiger partial charge is 0.444 e. The average molecular weight is 553 g/mol. The Labute approximate surface area is 206 Å². The topological polar surface area (TPSA) is 77.4 Å². The summed E-state index contributed by atoms with van der Waals surface area (Å²) in [5.41, 5.74) is -1.21. The standard InChI is InChI=1S/C23H44N4O3.HI/c1-7-23(29,8-2)17-25-20(24-9-3)26-14-12-19(13-15-26)27(16-18-10-11-18)21(28)30-22(4,5)6;/h18-19,29H,7-17H2,1-6H3,(H,24,25);1H. The minimum Gasteiger partial charge on any atom is -0.444 e. The van der Waals surface area contributed by atoms with E-state index in [2.05, 4.69) is 17.1 Å². The molecule has 0 aromatic carbocycles. The first kappa shape index (κ1) is 28.3. The van der Waals surface area contributed by atoms with Gasteiger partial charge >= 0.3 is 6.09 Å². The zero-order chi connectivity index (χ0) is 22.4. The number of piperidine rings is 1. The van der Waals surface area contributed by atoms with Gasteiger partial charge in [0.2, 0.25) is 0 Å². The van der Waals surface area contributed by atoms with E-state index in [1.54, 1.807) is 0 Å². The van der Waals surface area contributed by atoms with Crippen molar-refractivity contribution in [1.29, 1.82) is 0 Å². The molecule has 0 unspecified atom stereocenters. The summed E-state index contributed by atoms with van der Waals surface area (Å²) < 4.78 is 5.70. The number of nitrogens with zero attached hydrogens (tertiary/aromatic N) is 3. The van der Waals surface area contributed by atoms with E-state index in [-0.39, 0.29) is 36.1 Å². The summed E-state index contributed by atoms with van der Waals surface area (Å²) in [6.07, 6.45) is 5.45. The Kier molecular flexibility index (Phi) is 11.4. The van der Waals surface area contributed by atoms with Gasteiger partial charge in [-0.3, -0.25) is 4.99 Å². The van der Waals surface area contributed by atoms with Gasteiger partial charge in [-0.05, 0) is 72.1 Å². The molecule has 2 aliphatic rings. The van der Waals surface area contributed by atoms with Crippen molar-refractivity contribution >= 4 is 36.0 Å². The predicted octanol–water partition coefficient (Wildman–Crippen LogP) is 4.23. The van der Waals surface area contributed by atoms with Crippen LogP contribution in [0.2, 0.25) is 0 Å². The third kappa shape index (κ3) is 9.32. The summed E-state index contributed by atoms with van der Waals surface area (Å²) in [6.45, 7) is 15.6. The number of guanidine groups is 1. The Hall–Kier alpha value is -0.770. The van der Waals surface area contributed by atoms with Crippen LogP contribution in [0.3, 0.4) is 0 Å². The number of rotatable bonds is 8. The molecule has 0 bridgehead atoms. The fourth-order valence-electron chi connectivity index (χ4n) is 3.78. The molecule has 2 fully saturated rings. The maximum Gasteiger partial charge on any atom is 0.410 e. The molecule has 0 spiro atoms. The molecule has 1 saturated carbocycles. The molecule has 8 heteroatoms. The number of halogens is 1. The number of hydrogen-bond acceptors (Lipinski definition) is 4. The third-order valence-corrected chi connectivity index (χ3v) is 6.16. The summed E-state index contributed by atoms with van der Waals surface area (Å²) in [4.78, 5) is 21.8. The molecule has 0 atom stereocenters. The molecule has 0 aromatic heterocycles. The highest BCUT2D eigenvalue weighted by atomic mass is 127. The van der Waals surface area contributed by atoms with E-state index in [9.17, 15) is 9.90 Å². The van der Waals surface area contributed by atoms with Crippen molar-refractivity contribution in [3.05, 3.63) is 0 Å². The number of ether oxygens (including phenoxy) is 1. The number of aliphatic hydroxyl groups is 1. The molecule has 31 heavy (non-hydrogen) atoms. The fourth-order valence-corrected chi connectivity index (χ4v) is 3.78. The lowest BCUT2D eigenvalue weighted by atomic mass is 9.98. The van der Waals surface area contributed by atoms with Crippen molar-refractivity contribution in [3.8, 4) is 0 Å². The number of amides is 1. The Bertz CT molecular complexity index is 578. The van der Waals surface area contributed by atoms with Crippen LogP contribution < -0.4 is 5.32 Å². The number of carbonyl (C=O) groups is 1. The molecular weight excluding hydrogens is 507 g/mol. The SMILES string of the molecule is CCNC(=NCC(O)(CC)CC)N1CCC(N(CC2CC2)C(=O)OC(C)(C)C)CC1.I. The van der Waals surface area contributed by atoms with Crippen LogP contribution in [0.4, 0.5) is 4.79 Å². The van der Waals surface area contributed by atoms with E-state index in [4.69, 9.17) is 9.73 Å². The van der Waals surface area contributed by atoms with Crippen LogP contribution in [0, 0.1) is 5.92 Å². The molecule has 1 saturated heterocycles. The number of hydrogen-bond donors (Lipinski definition) is 2. The van der Waals surface area contributed by atoms with E-state index in [0.717, 1.165) is 45.0 Å². The van der Waals surface area contributed by atoms with Gasteiger partial charge in [0.15, 0.2) is 5.96 Å². The van der Waals surface area contributed by atoms with Gasteiger partial charge in [-0.1, -0.05) is 13.8 Å². The van der Waals surface area contributed by atoms with E-state index < -0.39 is 11.2 Å². The number of nitrogens with one attached hydrogen (secondary N) is 1. The lowest BCUT2D eigenvalue weighted by Gasteiger charge is -2.40. The fraction of sp³-hybridized carbons (Fsp3) is 0.913. The Morgan fingerprint density at radius 1 is 1.13 bits per heavy atom. The second kappa shape index (κ2) is 12.5. The number of likely N-dealkylation sites (tertiary alicyclic amines) is 1. The Balaban J connectivity index is 0.00000480. The second-order valence-corrected chi connectivity index (χ2v) is 9.90. The van der Waals surface area contributed by atoms with Crippen molar-refractivity contribution in [3.63, 3.8) is 0 Å². The normalized spacial score (nSPS) is 18.4. The van der Waals surface area contributed by atoms with Crippen molar-refractivity contribution in [2.45, 2.75) is 97.3 Å². The van der Waals surface area contributed by atoms with Crippen LogP contribution in [-0.4, -0.2) is 76.9 Å². The first-order chi connectivity index (χ1) is 14.1. The van der Waals surface area contributed by atoms with Gasteiger partial charge in [0, 0.05) is 32.2 Å². The molecule has 182 valence electrons. The van der Waals surface area contributed by atoms with Crippen molar-refractivity contribution in [2.24, 2.45) is 10.9 Å². The molecule has 1 heterocycles. The zero-order valence-electron chi connectivity index (χ0n) is 20.4. The summed E-state index contributed by atoms with van der Waals surface area (Å²) in [5.74, 6) is 1.50. The predicted molar refractivity (Wildman–Crippen MR) is 137 cm³/mol. The third-order valence-electron chi connectivity index (χ3n) is 6.16. The molecule has 0 aromatic rings.